The van der Waals surface area contributed by atoms with E-state index in [1.54, 1.807) is 17.4 Å². The summed E-state index contributed by atoms with van der Waals surface area (Å²) in [7, 11) is 0. The summed E-state index contributed by atoms with van der Waals surface area (Å²) in [6, 6.07) is 5.76. The van der Waals surface area contributed by atoms with Crippen LogP contribution in [0.4, 0.5) is 11.4 Å². The van der Waals surface area contributed by atoms with Gasteiger partial charge < -0.3 is 10.6 Å². The number of halogens is 2. The Bertz CT molecular complexity index is 656. The number of hydrogen-bond donors (Lipinski definition) is 2. The molecule has 0 spiro atoms. The molecule has 98 valence electrons. The highest BCUT2D eigenvalue weighted by Gasteiger charge is 2.19. The molecule has 0 saturated heterocycles. The van der Waals surface area contributed by atoms with Crippen LogP contribution in [0.5, 0.6) is 0 Å². The third-order valence-electron chi connectivity index (χ3n) is 2.95. The van der Waals surface area contributed by atoms with Crippen molar-refractivity contribution in [3.8, 4) is 0 Å². The van der Waals surface area contributed by atoms with Gasteiger partial charge >= 0.3 is 0 Å². The van der Waals surface area contributed by atoms with Gasteiger partial charge in [0.25, 0.3) is 0 Å². The Kier molecular flexibility index (Phi) is 3.52. The van der Waals surface area contributed by atoms with Crippen LogP contribution < -0.4 is 10.6 Å². The van der Waals surface area contributed by atoms with E-state index in [1.807, 2.05) is 17.5 Å². The Morgan fingerprint density at radius 3 is 3.05 bits per heavy atom. The molecule has 2 heterocycles. The predicted molar refractivity (Wildman–Crippen MR) is 83.1 cm³/mol. The third-order valence-corrected chi connectivity index (χ3v) is 5.19. The molecule has 2 N–H and O–H groups in total. The van der Waals surface area contributed by atoms with Crippen LogP contribution in [0.15, 0.2) is 28.1 Å². The molecule has 0 atom stereocenters. The van der Waals surface area contributed by atoms with Crippen LogP contribution in [0.3, 0.4) is 0 Å². The monoisotopic (exact) mass is 356 g/mol. The summed E-state index contributed by atoms with van der Waals surface area (Å²) in [4.78, 5) is 12.5. The van der Waals surface area contributed by atoms with Crippen LogP contribution in [-0.2, 0) is 17.8 Å². The van der Waals surface area contributed by atoms with Crippen molar-refractivity contribution in [1.29, 1.82) is 0 Å². The average Bonchev–Trinajstić information content (AvgIpc) is 2.91. The maximum atomic E-state index is 11.3. The summed E-state index contributed by atoms with van der Waals surface area (Å²) in [5.41, 5.74) is 2.66. The van der Waals surface area contributed by atoms with Crippen molar-refractivity contribution in [2.45, 2.75) is 13.0 Å². The molecular formula is C13H10BrClN2OS. The highest BCUT2D eigenvalue weighted by atomic mass is 79.9. The Labute approximate surface area is 128 Å². The molecule has 19 heavy (non-hydrogen) atoms. The lowest BCUT2D eigenvalue weighted by Crippen LogP contribution is -2.03. The summed E-state index contributed by atoms with van der Waals surface area (Å²) >= 11 is 11.4. The van der Waals surface area contributed by atoms with Gasteiger partial charge in [-0.1, -0.05) is 11.6 Å². The Morgan fingerprint density at radius 2 is 2.32 bits per heavy atom. The molecule has 0 aliphatic carbocycles. The number of carbonyl (C=O) groups excluding carboxylic acids is 1. The standard InChI is InChI=1S/C13H10BrClN2OS/c14-8-1-2-19-12(8)6-16-11-3-7-4-13(18)17-10(7)5-9(11)15/h1-3,5,16H,4,6H2,(H,17,18). The number of amides is 1. The van der Waals surface area contributed by atoms with Crippen LogP contribution >= 0.6 is 38.9 Å². The van der Waals surface area contributed by atoms with Crippen molar-refractivity contribution in [2.75, 3.05) is 10.6 Å². The highest BCUT2D eigenvalue weighted by Crippen LogP contribution is 2.33. The first-order chi connectivity index (χ1) is 9.13. The molecule has 1 aliphatic heterocycles. The Hall–Kier alpha value is -1.04. The van der Waals surface area contributed by atoms with E-state index in [9.17, 15) is 4.79 Å². The van der Waals surface area contributed by atoms with E-state index >= 15 is 0 Å². The number of fused-ring (bicyclic) bond motifs is 1. The molecule has 2 aromatic rings. The van der Waals surface area contributed by atoms with E-state index in [1.165, 1.54) is 4.88 Å². The summed E-state index contributed by atoms with van der Waals surface area (Å²) in [5, 5.41) is 8.75. The molecular weight excluding hydrogens is 348 g/mol. The molecule has 1 amide bonds. The van der Waals surface area contributed by atoms with Gasteiger partial charge in [-0.2, -0.15) is 0 Å². The maximum absolute atomic E-state index is 11.3. The summed E-state index contributed by atoms with van der Waals surface area (Å²) in [6.07, 6.45) is 0.421. The Balaban J connectivity index is 1.80. The van der Waals surface area contributed by atoms with Gasteiger partial charge in [0.2, 0.25) is 5.91 Å². The minimum atomic E-state index is 0.0178. The van der Waals surface area contributed by atoms with Crippen molar-refractivity contribution in [3.05, 3.63) is 43.5 Å². The number of carbonyl (C=O) groups is 1. The second-order valence-corrected chi connectivity index (χ2v) is 6.52. The van der Waals surface area contributed by atoms with Gasteiger partial charge in [-0.3, -0.25) is 4.79 Å². The van der Waals surface area contributed by atoms with Crippen LogP contribution in [0.25, 0.3) is 0 Å². The zero-order valence-electron chi connectivity index (χ0n) is 9.80. The van der Waals surface area contributed by atoms with Gasteiger partial charge in [-0.05, 0) is 45.1 Å². The van der Waals surface area contributed by atoms with Crippen molar-refractivity contribution in [2.24, 2.45) is 0 Å². The molecule has 1 aliphatic rings. The average molecular weight is 358 g/mol. The van der Waals surface area contributed by atoms with Gasteiger partial charge in [0.05, 0.1) is 23.7 Å². The van der Waals surface area contributed by atoms with Gasteiger partial charge in [0, 0.05) is 15.0 Å². The first-order valence-electron chi connectivity index (χ1n) is 5.71. The normalized spacial score (nSPS) is 13.3. The molecule has 1 aromatic heterocycles. The fourth-order valence-corrected chi connectivity index (χ4v) is 3.67. The topological polar surface area (TPSA) is 41.1 Å². The molecule has 0 fully saturated rings. The van der Waals surface area contributed by atoms with E-state index in [4.69, 9.17) is 11.6 Å². The van der Waals surface area contributed by atoms with Gasteiger partial charge in [-0.25, -0.2) is 0 Å². The van der Waals surface area contributed by atoms with E-state index in [-0.39, 0.29) is 5.91 Å². The van der Waals surface area contributed by atoms with Crippen LogP contribution in [0, 0.1) is 0 Å². The Morgan fingerprint density at radius 1 is 1.47 bits per heavy atom. The van der Waals surface area contributed by atoms with Gasteiger partial charge in [0.1, 0.15) is 0 Å². The number of nitrogens with one attached hydrogen (secondary N) is 2. The van der Waals surface area contributed by atoms with E-state index in [0.717, 1.165) is 21.4 Å². The fourth-order valence-electron chi connectivity index (χ4n) is 2.01. The molecule has 0 radical (unpaired) electrons. The second-order valence-electron chi connectivity index (χ2n) is 4.26. The van der Waals surface area contributed by atoms with Crippen molar-refractivity contribution in [1.82, 2.24) is 0 Å². The van der Waals surface area contributed by atoms with E-state index < -0.39 is 0 Å². The van der Waals surface area contributed by atoms with Crippen molar-refractivity contribution >= 4 is 56.1 Å². The quantitative estimate of drug-likeness (QED) is 0.861. The lowest BCUT2D eigenvalue weighted by molar-refractivity contribution is -0.115. The zero-order chi connectivity index (χ0) is 13.4. The highest BCUT2D eigenvalue weighted by molar-refractivity contribution is 9.10. The van der Waals surface area contributed by atoms with Crippen molar-refractivity contribution in [3.63, 3.8) is 0 Å². The first-order valence-corrected chi connectivity index (χ1v) is 7.76. The zero-order valence-corrected chi connectivity index (χ0v) is 13.0. The maximum Gasteiger partial charge on any atom is 0.228 e. The van der Waals surface area contributed by atoms with Crippen LogP contribution in [-0.4, -0.2) is 5.91 Å². The number of rotatable bonds is 3. The van der Waals surface area contributed by atoms with Gasteiger partial charge in [-0.15, -0.1) is 11.3 Å². The minimum Gasteiger partial charge on any atom is -0.379 e. The SMILES string of the molecule is O=C1Cc2cc(NCc3sccc3Br)c(Cl)cc2N1. The van der Waals surface area contributed by atoms with Crippen LogP contribution in [0.2, 0.25) is 5.02 Å². The van der Waals surface area contributed by atoms with E-state index in [2.05, 4.69) is 26.6 Å². The van der Waals surface area contributed by atoms with Gasteiger partial charge in [0.15, 0.2) is 0 Å². The second kappa shape index (κ2) is 5.15. The number of benzene rings is 1. The summed E-state index contributed by atoms with van der Waals surface area (Å²) in [6.45, 7) is 0.706. The molecule has 6 heteroatoms. The van der Waals surface area contributed by atoms with E-state index in [0.29, 0.717) is 18.0 Å². The fraction of sp³-hybridized carbons (Fsp3) is 0.154. The van der Waals surface area contributed by atoms with Crippen LogP contribution in [0.1, 0.15) is 10.4 Å². The third kappa shape index (κ3) is 2.63. The number of anilines is 2. The smallest absolute Gasteiger partial charge is 0.228 e. The summed E-state index contributed by atoms with van der Waals surface area (Å²) in [5.74, 6) is 0.0178. The molecule has 3 nitrogen and oxygen atoms in total. The van der Waals surface area contributed by atoms with Crippen molar-refractivity contribution < 1.29 is 4.79 Å². The molecule has 3 rings (SSSR count). The lowest BCUT2D eigenvalue weighted by atomic mass is 10.1. The molecule has 0 bridgehead atoms. The number of thiophene rings is 1. The minimum absolute atomic E-state index is 0.0178. The largest absolute Gasteiger partial charge is 0.379 e. The first kappa shape index (κ1) is 13.0. The predicted octanol–water partition coefficient (Wildman–Crippen LogP) is 4.27. The molecule has 0 saturated carbocycles. The lowest BCUT2D eigenvalue weighted by Gasteiger charge is -2.10. The molecule has 0 unspecified atom stereocenters. The number of hydrogen-bond acceptors (Lipinski definition) is 3. The molecule has 1 aromatic carbocycles. The summed E-state index contributed by atoms with van der Waals surface area (Å²) < 4.78 is 1.10.